The fraction of sp³-hybridized carbons (Fsp3) is 0.480. The van der Waals surface area contributed by atoms with Crippen LogP contribution in [0.5, 0.6) is 5.75 Å². The molecule has 0 aliphatic rings. The lowest BCUT2D eigenvalue weighted by Crippen LogP contribution is -2.13. The maximum absolute atomic E-state index is 11.8. The second kappa shape index (κ2) is 14.6. The molecule has 0 radical (unpaired) electrons. The predicted molar refractivity (Wildman–Crippen MR) is 117 cm³/mol. The molecule has 0 atom stereocenters. The normalized spacial score (nSPS) is 10.7. The molecule has 2 aromatic rings. The van der Waals surface area contributed by atoms with Gasteiger partial charge in [-0.2, -0.15) is 0 Å². The molecule has 0 N–H and O–H groups in total. The van der Waals surface area contributed by atoms with E-state index < -0.39 is 0 Å². The number of hydrogen-bond acceptors (Lipinski definition) is 4. The van der Waals surface area contributed by atoms with E-state index in [2.05, 4.69) is 19.1 Å². The van der Waals surface area contributed by atoms with Crippen LogP contribution in [-0.4, -0.2) is 32.4 Å². The topological polar surface area (TPSA) is 44.8 Å². The highest BCUT2D eigenvalue weighted by Crippen LogP contribution is 2.15. The highest BCUT2D eigenvalue weighted by Gasteiger charge is 2.05. The van der Waals surface area contributed by atoms with Crippen molar-refractivity contribution in [2.45, 2.75) is 51.9 Å². The van der Waals surface area contributed by atoms with Gasteiger partial charge in [0.1, 0.15) is 19.0 Å². The zero-order valence-corrected chi connectivity index (χ0v) is 17.6. The van der Waals surface area contributed by atoms with E-state index >= 15 is 0 Å². The summed E-state index contributed by atoms with van der Waals surface area (Å²) in [6, 6.07) is 17.3. The Hall–Kier alpha value is -2.33. The summed E-state index contributed by atoms with van der Waals surface area (Å²) < 4.78 is 16.3. The quantitative estimate of drug-likeness (QED) is 0.279. The fourth-order valence-corrected chi connectivity index (χ4v) is 3.03. The Morgan fingerprint density at radius 2 is 1.45 bits per heavy atom. The van der Waals surface area contributed by atoms with Gasteiger partial charge in [-0.05, 0) is 42.7 Å². The Balaban J connectivity index is 1.48. The third-order valence-corrected chi connectivity index (χ3v) is 4.71. The van der Waals surface area contributed by atoms with Crippen molar-refractivity contribution >= 4 is 5.97 Å². The van der Waals surface area contributed by atoms with Crippen LogP contribution in [0.2, 0.25) is 0 Å². The summed E-state index contributed by atoms with van der Waals surface area (Å²) in [7, 11) is 0. The molecule has 0 saturated heterocycles. The van der Waals surface area contributed by atoms with Crippen LogP contribution < -0.4 is 4.74 Å². The molecule has 0 aliphatic heterocycles. The van der Waals surface area contributed by atoms with Gasteiger partial charge in [0.15, 0.2) is 0 Å². The lowest BCUT2D eigenvalue weighted by Gasteiger charge is -2.09. The van der Waals surface area contributed by atoms with Crippen LogP contribution in [0.1, 0.15) is 61.4 Å². The van der Waals surface area contributed by atoms with Gasteiger partial charge in [0.05, 0.1) is 18.8 Å². The van der Waals surface area contributed by atoms with E-state index in [1.165, 1.54) is 44.1 Å². The average molecular weight is 399 g/mol. The number of hydrogen-bond donors (Lipinski definition) is 0. The molecule has 29 heavy (non-hydrogen) atoms. The van der Waals surface area contributed by atoms with Crippen molar-refractivity contribution in [2.24, 2.45) is 0 Å². The van der Waals surface area contributed by atoms with Crippen LogP contribution in [-0.2, 0) is 15.9 Å². The third kappa shape index (κ3) is 10.1. The highest BCUT2D eigenvalue weighted by molar-refractivity contribution is 5.89. The number of aryl methyl sites for hydroxylation is 1. The Labute approximate surface area is 175 Å². The van der Waals surface area contributed by atoms with Crippen molar-refractivity contribution in [3.63, 3.8) is 0 Å². The first kappa shape index (κ1) is 23.0. The van der Waals surface area contributed by atoms with Gasteiger partial charge >= 0.3 is 5.97 Å². The maximum Gasteiger partial charge on any atom is 0.338 e. The fourth-order valence-electron chi connectivity index (χ4n) is 3.03. The van der Waals surface area contributed by atoms with Crippen molar-refractivity contribution < 1.29 is 19.0 Å². The largest absolute Gasteiger partial charge is 0.491 e. The minimum absolute atomic E-state index is 0.237. The van der Waals surface area contributed by atoms with Crippen LogP contribution in [0, 0.1) is 0 Å². The Bertz CT molecular complexity index is 667. The molecular formula is C25H34O4. The second-order valence-electron chi connectivity index (χ2n) is 7.12. The third-order valence-electron chi connectivity index (χ3n) is 4.71. The van der Waals surface area contributed by atoms with Crippen LogP contribution in [0.4, 0.5) is 0 Å². The molecule has 2 aromatic carbocycles. The first-order valence-electron chi connectivity index (χ1n) is 10.8. The number of ether oxygens (including phenoxy) is 3. The molecule has 0 unspecified atom stereocenters. The molecule has 158 valence electrons. The van der Waals surface area contributed by atoms with Crippen molar-refractivity contribution in [3.05, 3.63) is 65.7 Å². The number of carbonyl (C=O) groups is 1. The van der Waals surface area contributed by atoms with Crippen molar-refractivity contribution in [3.8, 4) is 5.75 Å². The molecule has 0 spiro atoms. The minimum Gasteiger partial charge on any atom is -0.491 e. The molecular weight excluding hydrogens is 364 g/mol. The molecule has 0 bridgehead atoms. The summed E-state index contributed by atoms with van der Waals surface area (Å²) in [6.45, 7) is 3.78. The van der Waals surface area contributed by atoms with Gasteiger partial charge in [-0.15, -0.1) is 0 Å². The van der Waals surface area contributed by atoms with Gasteiger partial charge in [-0.3, -0.25) is 0 Å². The van der Waals surface area contributed by atoms with Crippen molar-refractivity contribution in [1.82, 2.24) is 0 Å². The van der Waals surface area contributed by atoms with Crippen LogP contribution >= 0.6 is 0 Å². The molecule has 4 nitrogen and oxygen atoms in total. The van der Waals surface area contributed by atoms with Crippen molar-refractivity contribution in [2.75, 3.05) is 26.4 Å². The summed E-state index contributed by atoms with van der Waals surface area (Å²) in [5, 5.41) is 0. The van der Waals surface area contributed by atoms with E-state index in [4.69, 9.17) is 14.2 Å². The predicted octanol–water partition coefficient (Wildman–Crippen LogP) is 5.84. The van der Waals surface area contributed by atoms with Crippen LogP contribution in [0.25, 0.3) is 0 Å². The summed E-state index contributed by atoms with van der Waals surface area (Å²) in [5.41, 5.74) is 1.92. The smallest absolute Gasteiger partial charge is 0.338 e. The number of rotatable bonds is 15. The molecule has 0 fully saturated rings. The van der Waals surface area contributed by atoms with Gasteiger partial charge < -0.3 is 14.2 Å². The maximum atomic E-state index is 11.8. The lowest BCUT2D eigenvalue weighted by molar-refractivity contribution is 0.0273. The first-order valence-corrected chi connectivity index (χ1v) is 10.8. The van der Waals surface area contributed by atoms with Gasteiger partial charge in [0.25, 0.3) is 0 Å². The highest BCUT2D eigenvalue weighted by atomic mass is 16.6. The molecule has 0 heterocycles. The zero-order chi connectivity index (χ0) is 20.6. The monoisotopic (exact) mass is 398 g/mol. The number of esters is 1. The van der Waals surface area contributed by atoms with E-state index in [0.717, 1.165) is 12.2 Å². The molecule has 2 rings (SSSR count). The van der Waals surface area contributed by atoms with E-state index in [1.807, 2.05) is 30.3 Å². The summed E-state index contributed by atoms with van der Waals surface area (Å²) in [4.78, 5) is 11.8. The summed E-state index contributed by atoms with van der Waals surface area (Å²) >= 11 is 0. The first-order chi connectivity index (χ1) is 14.3. The summed E-state index contributed by atoms with van der Waals surface area (Å²) in [5.74, 6) is 0.530. The van der Waals surface area contributed by atoms with Gasteiger partial charge in [-0.1, -0.05) is 69.4 Å². The zero-order valence-electron chi connectivity index (χ0n) is 17.6. The Morgan fingerprint density at radius 3 is 2.21 bits per heavy atom. The number of carbonyl (C=O) groups excluding carboxylic acids is 1. The molecule has 4 heteroatoms. The van der Waals surface area contributed by atoms with E-state index in [9.17, 15) is 4.79 Å². The van der Waals surface area contributed by atoms with E-state index in [1.54, 1.807) is 12.1 Å². The van der Waals surface area contributed by atoms with Gasteiger partial charge in [-0.25, -0.2) is 4.79 Å². The van der Waals surface area contributed by atoms with E-state index in [0.29, 0.717) is 25.4 Å². The van der Waals surface area contributed by atoms with Crippen LogP contribution in [0.15, 0.2) is 54.6 Å². The number of benzene rings is 2. The standard InChI is InChI=1S/C25H34O4/c1-2-3-4-5-6-8-11-22-14-16-24(17-15-22)28-20-18-27-19-21-29-25(26)23-12-9-7-10-13-23/h7,9-10,12-17H,2-6,8,11,18-21H2,1H3. The van der Waals surface area contributed by atoms with Crippen molar-refractivity contribution in [1.29, 1.82) is 0 Å². The van der Waals surface area contributed by atoms with Gasteiger partial charge in [0, 0.05) is 0 Å². The second-order valence-corrected chi connectivity index (χ2v) is 7.12. The molecule has 0 aliphatic carbocycles. The Kier molecular flexibility index (Phi) is 11.6. The lowest BCUT2D eigenvalue weighted by atomic mass is 10.0. The van der Waals surface area contributed by atoms with Gasteiger partial charge in [0.2, 0.25) is 0 Å². The SMILES string of the molecule is CCCCCCCCc1ccc(OCCOCCOC(=O)c2ccccc2)cc1. The minimum atomic E-state index is -0.327. The average Bonchev–Trinajstić information content (AvgIpc) is 2.77. The number of unbranched alkanes of at least 4 members (excludes halogenated alkanes) is 5. The summed E-state index contributed by atoms with van der Waals surface area (Å²) in [6.07, 6.45) is 9.07. The van der Waals surface area contributed by atoms with E-state index in [-0.39, 0.29) is 12.6 Å². The molecule has 0 amide bonds. The Morgan fingerprint density at radius 1 is 0.759 bits per heavy atom. The van der Waals surface area contributed by atoms with Crippen LogP contribution in [0.3, 0.4) is 0 Å². The molecule has 0 aromatic heterocycles. The molecule has 0 saturated carbocycles.